The van der Waals surface area contributed by atoms with Gasteiger partial charge in [-0.3, -0.25) is 53.1 Å². The summed E-state index contributed by atoms with van der Waals surface area (Å²) < 4.78 is 5.59. The van der Waals surface area contributed by atoms with Gasteiger partial charge < -0.3 is 56.7 Å². The molecule has 5 aliphatic rings. The minimum Gasteiger partial charge on any atom is -0.391 e. The lowest BCUT2D eigenvalue weighted by Gasteiger charge is -2.40. The molecule has 27 heteroatoms. The van der Waals surface area contributed by atoms with Crippen molar-refractivity contribution in [1.29, 1.82) is 0 Å². The van der Waals surface area contributed by atoms with E-state index in [0.29, 0.717) is 36.4 Å². The number of ketones is 3. The number of halogens is 1. The summed E-state index contributed by atoms with van der Waals surface area (Å²) in [6, 6.07) is 46.1. The number of aliphatic hydroxyl groups excluding tert-OH is 2. The number of nitrogens with two attached hydrogens (primary N) is 1. The molecule has 0 radical (unpaired) electrons. The number of hydrogen-bond donors (Lipinski definition) is 7. The molecule has 0 spiro atoms. The van der Waals surface area contributed by atoms with Crippen molar-refractivity contribution in [3.63, 3.8) is 0 Å². The number of Topliss-reactive ketones (excluding diaryl/α,β-unsaturated/α-hetero) is 3. The quantitative estimate of drug-likeness (QED) is 0.0180. The first-order chi connectivity index (χ1) is 61.7. The Labute approximate surface area is 778 Å². The normalized spacial score (nSPS) is 19.9. The molecule has 4 fully saturated rings. The number of aryl methyl sites for hydroxylation is 2. The van der Waals surface area contributed by atoms with Gasteiger partial charge in [0, 0.05) is 174 Å². The molecule has 4 aliphatic heterocycles. The van der Waals surface area contributed by atoms with E-state index in [1.54, 1.807) is 28.2 Å². The summed E-state index contributed by atoms with van der Waals surface area (Å²) in [5, 5.41) is 34.7. The molecule has 1 unspecified atom stereocenters. The van der Waals surface area contributed by atoms with Crippen LogP contribution < -0.4 is 31.9 Å². The molecule has 23 nitrogen and oxygen atoms in total. The van der Waals surface area contributed by atoms with Crippen LogP contribution in [-0.4, -0.2) is 220 Å². The van der Waals surface area contributed by atoms with Gasteiger partial charge in [0.25, 0.3) is 5.91 Å². The summed E-state index contributed by atoms with van der Waals surface area (Å²) in [5.74, 6) is -0.792. The molecular weight excluding hydrogens is 1700 g/mol. The Morgan fingerprint density at radius 3 is 1.80 bits per heavy atom. The Kier molecular flexibility index (Phi) is 35.0. The Balaban J connectivity index is 0.000000349. The fraction of sp³-hybridized carbons (Fsp3) is 0.490. The van der Waals surface area contributed by atoms with Gasteiger partial charge in [-0.25, -0.2) is 4.98 Å². The number of amides is 5. The largest absolute Gasteiger partial charge is 0.391 e. The monoisotopic (exact) mass is 1830 g/mol. The molecule has 2 aromatic heterocycles. The number of aromatic nitrogens is 2. The van der Waals surface area contributed by atoms with Crippen LogP contribution >= 0.6 is 46.0 Å². The van der Waals surface area contributed by atoms with E-state index in [-0.39, 0.29) is 123 Å². The molecule has 1 aliphatic carbocycles. The van der Waals surface area contributed by atoms with E-state index in [2.05, 4.69) is 120 Å². The van der Waals surface area contributed by atoms with E-state index in [0.717, 1.165) is 150 Å². The predicted molar refractivity (Wildman–Crippen MR) is 518 cm³/mol. The zero-order valence-corrected chi connectivity index (χ0v) is 80.0. The molecule has 0 bridgehead atoms. The van der Waals surface area contributed by atoms with Gasteiger partial charge in [-0.05, 0) is 168 Å². The highest BCUT2D eigenvalue weighted by Crippen LogP contribution is 2.46. The Hall–Kier alpha value is -9.32. The molecule has 6 heterocycles. The van der Waals surface area contributed by atoms with Crippen molar-refractivity contribution < 1.29 is 53.3 Å². The van der Waals surface area contributed by atoms with Gasteiger partial charge in [0.05, 0.1) is 64.0 Å². The van der Waals surface area contributed by atoms with E-state index in [4.69, 9.17) is 22.1 Å². The van der Waals surface area contributed by atoms with Crippen LogP contribution in [0.3, 0.4) is 0 Å². The number of allylic oxidation sites excluding steroid dienone is 1. The zero-order chi connectivity index (χ0) is 92.3. The number of β-amino-alcohol motifs (C(OH)–C–C–N with tert-alkyl or cyclic N) is 2. The highest BCUT2D eigenvalue weighted by atomic mass is 35.5. The molecule has 4 saturated heterocycles. The summed E-state index contributed by atoms with van der Waals surface area (Å²) in [7, 11) is 0. The first-order valence-electron chi connectivity index (χ1n) is 45.7. The maximum absolute atomic E-state index is 14.5. The molecule has 0 saturated carbocycles. The van der Waals surface area contributed by atoms with Crippen LogP contribution in [0.1, 0.15) is 195 Å². The minimum atomic E-state index is -0.950. The average molecular weight is 1830 g/mol. The first-order valence-corrected chi connectivity index (χ1v) is 48.8. The number of thioether (sulfide) groups is 1. The van der Waals surface area contributed by atoms with Gasteiger partial charge in [0.2, 0.25) is 23.6 Å². The molecule has 5 amide bonds. The molecular formula is C102H131ClN12O11S3. The van der Waals surface area contributed by atoms with Crippen molar-refractivity contribution in [3.05, 3.63) is 212 Å². The maximum Gasteiger partial charge on any atom is 0.251 e. The number of thiazole rings is 2. The number of nitrogens with zero attached hydrogens (tertiary/aromatic N) is 7. The number of ether oxygens (including phenoxy) is 1. The fourth-order valence-corrected chi connectivity index (χ4v) is 20.7. The summed E-state index contributed by atoms with van der Waals surface area (Å²) in [6.07, 6.45) is 4.76. The third kappa shape index (κ3) is 27.2. The maximum atomic E-state index is 14.5. The lowest BCUT2D eigenvalue weighted by atomic mass is 9.68. The van der Waals surface area contributed by atoms with Crippen LogP contribution in [0.15, 0.2) is 173 Å². The second kappa shape index (κ2) is 45.7. The fourth-order valence-electron chi connectivity index (χ4n) is 18.1. The summed E-state index contributed by atoms with van der Waals surface area (Å²) in [5.41, 5.74) is 21.0. The number of aliphatic hydroxyl groups is 2. The van der Waals surface area contributed by atoms with Crippen molar-refractivity contribution in [3.8, 4) is 20.9 Å². The third-order valence-corrected chi connectivity index (χ3v) is 29.1. The molecule has 129 heavy (non-hydrogen) atoms. The van der Waals surface area contributed by atoms with Crippen LogP contribution in [0.2, 0.25) is 5.02 Å². The standard InChI is InChI=1S/C75H93ClN8O7S2.C27H38N4O4S/c1-51(54-16-18-56(19-17-54)68-46-77-50-93-68)42-67(86)66-43-62(85)48-84(66)73(90)71(74(3,4)5)80-70(88)14-10-13-69(87)75(6)31-29-64(55-20-24-59(76)25-21-55)58(44-75)47-82-33-35-83(36-34-82)61-26-22-57(23-27-61)72(89)78-45-53-15-28-65(52(2)41-53)79-60(30-32-81-37-39-91-40-38-81)49-92-63-11-8-7-9-12-63;1-16(18-6-8-19(9-7-18)24-17(2)29-15-36-24)12-22(33)21-13-20(32)14-31(21)26(35)25(27(3,4)5)30-23(34)10-11-28/h7-9,11-12,15-28,41,46,50-51,60,62,66,71,79,85H,10,13-14,29-40,42-45,47-49H2,1-6H3,(H,78,89)(H,80,88);6-9,15-16,20-21,25,32H,10-14,28H2,1-5H3,(H,30,34)/t51-,60-,62-,66+,71-,75?;16-,20-,21+,25-/m11/s1. The van der Waals surface area contributed by atoms with Crippen molar-refractivity contribution in [1.82, 2.24) is 45.5 Å². The number of morpholine rings is 1. The number of benzene rings is 6. The Bertz CT molecular complexity index is 5130. The average Bonchev–Trinajstić information content (AvgIpc) is 1.03. The van der Waals surface area contributed by atoms with E-state index in [1.807, 2.05) is 171 Å². The number of carbonyl (C=O) groups excluding carboxylic acids is 8. The number of nitrogens with one attached hydrogen (secondary N) is 4. The second-order valence-corrected chi connectivity index (χ2v) is 41.3. The van der Waals surface area contributed by atoms with Crippen LogP contribution in [0.4, 0.5) is 11.4 Å². The highest BCUT2D eigenvalue weighted by Gasteiger charge is 2.47. The van der Waals surface area contributed by atoms with Gasteiger partial charge in [-0.2, -0.15) is 0 Å². The third-order valence-electron chi connectivity index (χ3n) is 25.9. The van der Waals surface area contributed by atoms with E-state index in [9.17, 15) is 48.6 Å². The summed E-state index contributed by atoms with van der Waals surface area (Å²) >= 11 is 11.4. The SMILES string of the molecule is Cc1cc(CNC(=O)c2ccc(N3CCN(CC4=C(c5ccc(Cl)cc5)CCC(C)(C(=O)CCCC(=O)N[C@H](C(=O)N5C[C@H](O)C[C@H]5C(=O)C[C@@H](C)c5ccc(-c6cncs6)cc5)C(C)(C)C)C4)CC3)cc2)ccc1N[C@H](CCN1CCOCC1)CSc1ccccc1.Cc1ncsc1-c1ccc([C@H](C)CC(=O)[C@@H]2C[C@@H](O)CN2C(=O)[C@@H](NC(=O)CCN)C(C)(C)C)cc1. The van der Waals surface area contributed by atoms with E-state index < -0.39 is 58.5 Å². The number of hydrogen-bond acceptors (Lipinski definition) is 21. The van der Waals surface area contributed by atoms with E-state index >= 15 is 0 Å². The van der Waals surface area contributed by atoms with Crippen LogP contribution in [-0.2, 0) is 44.8 Å². The lowest BCUT2D eigenvalue weighted by molar-refractivity contribution is -0.143. The van der Waals surface area contributed by atoms with Crippen LogP contribution in [0, 0.1) is 30.1 Å². The Morgan fingerprint density at radius 2 is 1.25 bits per heavy atom. The number of piperazine rings is 1. The number of carbonyl (C=O) groups is 8. The van der Waals surface area contributed by atoms with Crippen LogP contribution in [0.25, 0.3) is 26.5 Å². The van der Waals surface area contributed by atoms with Gasteiger partial charge in [-0.1, -0.05) is 170 Å². The second-order valence-electron chi connectivity index (χ2n) is 38.0. The van der Waals surface area contributed by atoms with Gasteiger partial charge in [0.1, 0.15) is 17.9 Å². The van der Waals surface area contributed by atoms with Crippen molar-refractivity contribution in [2.24, 2.45) is 22.0 Å². The molecule has 690 valence electrons. The first kappa shape index (κ1) is 98.7. The van der Waals surface area contributed by atoms with Crippen LogP contribution in [0.5, 0.6) is 0 Å². The number of anilines is 2. The molecule has 10 atom stereocenters. The summed E-state index contributed by atoms with van der Waals surface area (Å²) in [6.45, 7) is 30.7. The van der Waals surface area contributed by atoms with E-state index in [1.165, 1.54) is 25.8 Å². The predicted octanol–water partition coefficient (Wildman–Crippen LogP) is 15.8. The molecule has 8 N–H and O–H groups in total. The van der Waals surface area contributed by atoms with Crippen molar-refractivity contribution in [2.75, 3.05) is 101 Å². The van der Waals surface area contributed by atoms with Gasteiger partial charge in [-0.15, -0.1) is 34.4 Å². The smallest absolute Gasteiger partial charge is 0.251 e. The highest BCUT2D eigenvalue weighted by molar-refractivity contribution is 7.99. The zero-order valence-electron chi connectivity index (χ0n) is 76.8. The van der Waals surface area contributed by atoms with Crippen molar-refractivity contribution in [2.45, 2.75) is 219 Å². The van der Waals surface area contributed by atoms with Gasteiger partial charge >= 0.3 is 0 Å². The lowest BCUT2D eigenvalue weighted by Crippen LogP contribution is -2.57. The topological polar surface area (TPSA) is 302 Å². The summed E-state index contributed by atoms with van der Waals surface area (Å²) in [4.78, 5) is 132. The number of likely N-dealkylation sites (tertiary alicyclic amines) is 2. The molecule has 6 aromatic carbocycles. The molecule has 8 aromatic rings. The van der Waals surface area contributed by atoms with Crippen molar-refractivity contribution >= 4 is 110 Å². The molecule has 13 rings (SSSR count). The van der Waals surface area contributed by atoms with Gasteiger partial charge in [0.15, 0.2) is 11.6 Å². The Morgan fingerprint density at radius 1 is 0.667 bits per heavy atom. The minimum absolute atomic E-state index is 0.0111. The number of rotatable bonds is 36.